The van der Waals surface area contributed by atoms with Crippen LogP contribution < -0.4 is 16.8 Å². The first-order valence-electron chi connectivity index (χ1n) is 4.08. The number of hydrogen-bond donors (Lipinski definition) is 3. The minimum absolute atomic E-state index is 0.0629. The van der Waals surface area contributed by atoms with Crippen molar-refractivity contribution in [3.05, 3.63) is 0 Å². The van der Waals surface area contributed by atoms with Crippen molar-refractivity contribution in [1.29, 1.82) is 0 Å². The van der Waals surface area contributed by atoms with Gasteiger partial charge in [0.15, 0.2) is 0 Å². The monoisotopic (exact) mass is 187 g/mol. The van der Waals surface area contributed by atoms with Crippen LogP contribution in [0.2, 0.25) is 0 Å². The van der Waals surface area contributed by atoms with Crippen molar-refractivity contribution in [2.24, 2.45) is 11.5 Å². The summed E-state index contributed by atoms with van der Waals surface area (Å²) in [6.07, 6.45) is -0.0629. The highest BCUT2D eigenvalue weighted by Crippen LogP contribution is 1.99. The average molecular weight is 187 g/mol. The fourth-order valence-corrected chi connectivity index (χ4v) is 0.770. The van der Waals surface area contributed by atoms with Crippen molar-refractivity contribution in [2.75, 3.05) is 0 Å². The van der Waals surface area contributed by atoms with Crippen LogP contribution >= 0.6 is 0 Å². The Bertz CT molecular complexity index is 208. The van der Waals surface area contributed by atoms with E-state index in [2.05, 4.69) is 5.32 Å². The van der Waals surface area contributed by atoms with Crippen LogP contribution in [0, 0.1) is 0 Å². The van der Waals surface area contributed by atoms with Gasteiger partial charge < -0.3 is 16.8 Å². The van der Waals surface area contributed by atoms with Gasteiger partial charge in [-0.25, -0.2) is 0 Å². The number of hydrogen-bond acceptors (Lipinski definition) is 3. The molecule has 13 heavy (non-hydrogen) atoms. The molecule has 0 aliphatic rings. The molecule has 0 unspecified atom stereocenters. The first-order chi connectivity index (χ1) is 5.72. The van der Waals surface area contributed by atoms with E-state index in [-0.39, 0.29) is 17.9 Å². The number of nitrogens with two attached hydrogens (primary N) is 2. The van der Waals surface area contributed by atoms with Gasteiger partial charge in [0.2, 0.25) is 11.8 Å². The number of rotatable bonds is 3. The predicted molar refractivity (Wildman–Crippen MR) is 49.7 cm³/mol. The molecule has 0 fully saturated rings. The van der Waals surface area contributed by atoms with Gasteiger partial charge in [-0.2, -0.15) is 0 Å². The third-order valence-electron chi connectivity index (χ3n) is 1.29. The molecule has 0 aromatic rings. The van der Waals surface area contributed by atoms with Crippen molar-refractivity contribution in [2.45, 2.75) is 38.8 Å². The normalized spacial score (nSPS) is 13.5. The van der Waals surface area contributed by atoms with Gasteiger partial charge in [0, 0.05) is 5.54 Å². The molecule has 0 aromatic carbocycles. The summed E-state index contributed by atoms with van der Waals surface area (Å²) in [5, 5.41) is 2.68. The van der Waals surface area contributed by atoms with Gasteiger partial charge in [0.25, 0.3) is 0 Å². The molecule has 0 aliphatic carbocycles. The van der Waals surface area contributed by atoms with Crippen LogP contribution in [-0.4, -0.2) is 23.4 Å². The van der Waals surface area contributed by atoms with Gasteiger partial charge in [-0.1, -0.05) is 0 Å². The molecular weight excluding hydrogens is 170 g/mol. The summed E-state index contributed by atoms with van der Waals surface area (Å²) in [5.41, 5.74) is 9.89. The van der Waals surface area contributed by atoms with E-state index in [1.54, 1.807) is 0 Å². The van der Waals surface area contributed by atoms with E-state index in [0.29, 0.717) is 0 Å². The molecule has 2 amide bonds. The van der Waals surface area contributed by atoms with Gasteiger partial charge in [-0.15, -0.1) is 0 Å². The van der Waals surface area contributed by atoms with Crippen molar-refractivity contribution < 1.29 is 9.59 Å². The molecule has 0 radical (unpaired) electrons. The Kier molecular flexibility index (Phi) is 3.87. The van der Waals surface area contributed by atoms with E-state index in [1.165, 1.54) is 0 Å². The van der Waals surface area contributed by atoms with E-state index in [9.17, 15) is 9.59 Å². The standard InChI is InChI=1S/C8H17N3O2/c1-8(2,3)11-6(12)4-5(9)7(10)13/h5H,4,9H2,1-3H3,(H2,10,13)(H,11,12)/t5-/m0/s1. The van der Waals surface area contributed by atoms with Crippen LogP contribution in [0.15, 0.2) is 0 Å². The highest BCUT2D eigenvalue weighted by atomic mass is 16.2. The Labute approximate surface area is 77.8 Å². The lowest BCUT2D eigenvalue weighted by Gasteiger charge is -2.21. The number of amides is 2. The highest BCUT2D eigenvalue weighted by Gasteiger charge is 2.18. The van der Waals surface area contributed by atoms with Crippen LogP contribution in [-0.2, 0) is 9.59 Å². The molecule has 0 heterocycles. The number of carbonyl (C=O) groups excluding carboxylic acids is 2. The van der Waals surface area contributed by atoms with Crippen LogP contribution in [0.1, 0.15) is 27.2 Å². The maximum absolute atomic E-state index is 11.2. The lowest BCUT2D eigenvalue weighted by atomic mass is 10.1. The van der Waals surface area contributed by atoms with E-state index in [0.717, 1.165) is 0 Å². The quantitative estimate of drug-likeness (QED) is 0.534. The van der Waals surface area contributed by atoms with Gasteiger partial charge in [0.05, 0.1) is 12.5 Å². The summed E-state index contributed by atoms with van der Waals surface area (Å²) in [7, 11) is 0. The van der Waals surface area contributed by atoms with E-state index < -0.39 is 11.9 Å². The van der Waals surface area contributed by atoms with Gasteiger partial charge >= 0.3 is 0 Å². The zero-order chi connectivity index (χ0) is 10.6. The zero-order valence-corrected chi connectivity index (χ0v) is 8.26. The topological polar surface area (TPSA) is 98.2 Å². The van der Waals surface area contributed by atoms with E-state index in [4.69, 9.17) is 11.5 Å². The summed E-state index contributed by atoms with van der Waals surface area (Å²) in [6.45, 7) is 5.54. The first kappa shape index (κ1) is 11.9. The number of carbonyl (C=O) groups is 2. The molecule has 0 aromatic heterocycles. The molecule has 0 aliphatic heterocycles. The second-order valence-corrected chi connectivity index (χ2v) is 4.01. The SMILES string of the molecule is CC(C)(C)NC(=O)C[C@H](N)C(N)=O. The van der Waals surface area contributed by atoms with E-state index >= 15 is 0 Å². The summed E-state index contributed by atoms with van der Waals surface area (Å²) in [6, 6.07) is -0.901. The average Bonchev–Trinajstić information content (AvgIpc) is 1.81. The fourth-order valence-electron chi connectivity index (χ4n) is 0.770. The molecule has 0 rings (SSSR count). The van der Waals surface area contributed by atoms with Crippen molar-refractivity contribution in [1.82, 2.24) is 5.32 Å². The predicted octanol–water partition coefficient (Wildman–Crippen LogP) is -0.896. The third-order valence-corrected chi connectivity index (χ3v) is 1.29. The second kappa shape index (κ2) is 4.23. The lowest BCUT2D eigenvalue weighted by Crippen LogP contribution is -2.46. The third kappa shape index (κ3) is 6.10. The van der Waals surface area contributed by atoms with Gasteiger partial charge in [0.1, 0.15) is 0 Å². The van der Waals surface area contributed by atoms with Crippen molar-refractivity contribution >= 4 is 11.8 Å². The molecule has 0 saturated heterocycles. The first-order valence-corrected chi connectivity index (χ1v) is 4.08. The van der Waals surface area contributed by atoms with Crippen LogP contribution in [0.3, 0.4) is 0 Å². The molecule has 5 heteroatoms. The molecule has 76 valence electrons. The zero-order valence-electron chi connectivity index (χ0n) is 8.26. The second-order valence-electron chi connectivity index (χ2n) is 4.01. The fraction of sp³-hybridized carbons (Fsp3) is 0.750. The Hall–Kier alpha value is -1.10. The molecule has 5 N–H and O–H groups in total. The van der Waals surface area contributed by atoms with Gasteiger partial charge in [-0.3, -0.25) is 9.59 Å². The van der Waals surface area contributed by atoms with E-state index in [1.807, 2.05) is 20.8 Å². The summed E-state index contributed by atoms with van der Waals surface area (Å²) in [4.78, 5) is 21.7. The van der Waals surface area contributed by atoms with Crippen molar-refractivity contribution in [3.63, 3.8) is 0 Å². The maximum Gasteiger partial charge on any atom is 0.234 e. The molecular formula is C8H17N3O2. The van der Waals surface area contributed by atoms with Crippen LogP contribution in [0.4, 0.5) is 0 Å². The molecule has 0 bridgehead atoms. The highest BCUT2D eigenvalue weighted by molar-refractivity contribution is 5.87. The number of nitrogens with one attached hydrogen (secondary N) is 1. The van der Waals surface area contributed by atoms with Crippen LogP contribution in [0.25, 0.3) is 0 Å². The van der Waals surface area contributed by atoms with Gasteiger partial charge in [-0.05, 0) is 20.8 Å². The molecule has 0 spiro atoms. The Morgan fingerprint density at radius 2 is 1.85 bits per heavy atom. The maximum atomic E-state index is 11.2. The van der Waals surface area contributed by atoms with Crippen LogP contribution in [0.5, 0.6) is 0 Å². The Balaban J connectivity index is 3.96. The summed E-state index contributed by atoms with van der Waals surface area (Å²) >= 11 is 0. The summed E-state index contributed by atoms with van der Waals surface area (Å²) < 4.78 is 0. The van der Waals surface area contributed by atoms with Crippen molar-refractivity contribution in [3.8, 4) is 0 Å². The smallest absolute Gasteiger partial charge is 0.234 e. The lowest BCUT2D eigenvalue weighted by molar-refractivity contribution is -0.126. The minimum atomic E-state index is -0.901. The molecule has 0 saturated carbocycles. The summed E-state index contributed by atoms with van der Waals surface area (Å²) in [5.74, 6) is -0.928. The largest absolute Gasteiger partial charge is 0.368 e. The molecule has 5 nitrogen and oxygen atoms in total. The Morgan fingerprint density at radius 1 is 1.38 bits per heavy atom. The number of primary amides is 1. The molecule has 1 atom stereocenters. The minimum Gasteiger partial charge on any atom is -0.368 e. The Morgan fingerprint density at radius 3 is 2.15 bits per heavy atom.